The van der Waals surface area contributed by atoms with Crippen LogP contribution in [0.4, 0.5) is 0 Å². The summed E-state index contributed by atoms with van der Waals surface area (Å²) in [6.07, 6.45) is 5.80. The van der Waals surface area contributed by atoms with Crippen molar-refractivity contribution in [3.05, 3.63) is 23.8 Å². The maximum absolute atomic E-state index is 11.0. The zero-order valence-corrected chi connectivity index (χ0v) is 9.28. The molecule has 0 saturated heterocycles. The molecule has 0 aliphatic heterocycles. The van der Waals surface area contributed by atoms with Gasteiger partial charge in [-0.2, -0.15) is 0 Å². The van der Waals surface area contributed by atoms with Crippen LogP contribution >= 0.6 is 0 Å². The quantitative estimate of drug-likeness (QED) is 0.394. The van der Waals surface area contributed by atoms with Crippen LogP contribution in [0.1, 0.15) is 19.8 Å². The summed E-state index contributed by atoms with van der Waals surface area (Å²) in [6, 6.07) is 0. The number of rotatable bonds is 5. The molecule has 84 valence electrons. The summed E-state index contributed by atoms with van der Waals surface area (Å²) >= 11 is 0. The Morgan fingerprint density at radius 3 is 2.13 bits per heavy atom. The Balaban J connectivity index is 4.52. The van der Waals surface area contributed by atoms with Crippen LogP contribution in [0.25, 0.3) is 0 Å². The Morgan fingerprint density at radius 1 is 1.07 bits per heavy atom. The number of carbonyl (C=O) groups is 2. The molecule has 0 amide bonds. The third kappa shape index (κ3) is 6.49. The minimum atomic E-state index is -0.443. The smallest absolute Gasteiger partial charge is 0.330 e. The van der Waals surface area contributed by atoms with Crippen LogP contribution in [0, 0.1) is 0 Å². The molecule has 0 spiro atoms. The van der Waals surface area contributed by atoms with Crippen molar-refractivity contribution in [2.24, 2.45) is 0 Å². The van der Waals surface area contributed by atoms with Crippen molar-refractivity contribution < 1.29 is 19.1 Å². The normalized spacial score (nSPS) is 11.5. The molecule has 0 aromatic carbocycles. The fourth-order valence-corrected chi connectivity index (χ4v) is 0.946. The van der Waals surface area contributed by atoms with E-state index < -0.39 is 11.9 Å². The number of hydrogen-bond donors (Lipinski definition) is 0. The zero-order valence-electron chi connectivity index (χ0n) is 9.28. The predicted octanol–water partition coefficient (Wildman–Crippen LogP) is 1.62. The Bertz CT molecular complexity index is 276. The molecule has 0 N–H and O–H groups in total. The van der Waals surface area contributed by atoms with Crippen molar-refractivity contribution in [1.82, 2.24) is 0 Å². The second-order valence-electron chi connectivity index (χ2n) is 2.85. The molecule has 0 heterocycles. The summed E-state index contributed by atoms with van der Waals surface area (Å²) in [5, 5.41) is 0. The minimum absolute atomic E-state index is 0.423. The van der Waals surface area contributed by atoms with Gasteiger partial charge < -0.3 is 9.47 Å². The molecular formula is C11H16O4. The van der Waals surface area contributed by atoms with Gasteiger partial charge in [0.15, 0.2) is 0 Å². The topological polar surface area (TPSA) is 52.6 Å². The summed E-state index contributed by atoms with van der Waals surface area (Å²) in [4.78, 5) is 21.8. The van der Waals surface area contributed by atoms with Crippen LogP contribution in [-0.2, 0) is 19.1 Å². The summed E-state index contributed by atoms with van der Waals surface area (Å²) in [6.45, 7) is 1.98. The van der Waals surface area contributed by atoms with Crippen molar-refractivity contribution in [2.45, 2.75) is 19.8 Å². The van der Waals surface area contributed by atoms with Gasteiger partial charge in [-0.1, -0.05) is 19.4 Å². The molecule has 0 fully saturated rings. The van der Waals surface area contributed by atoms with Crippen LogP contribution in [0.2, 0.25) is 0 Å². The first-order valence-corrected chi connectivity index (χ1v) is 4.68. The molecule has 15 heavy (non-hydrogen) atoms. The zero-order chi connectivity index (χ0) is 11.7. The van der Waals surface area contributed by atoms with Gasteiger partial charge in [0.25, 0.3) is 0 Å². The van der Waals surface area contributed by atoms with Crippen LogP contribution in [0.15, 0.2) is 23.8 Å². The third-order valence-corrected chi connectivity index (χ3v) is 1.68. The van der Waals surface area contributed by atoms with Crippen LogP contribution < -0.4 is 0 Å². The highest BCUT2D eigenvalue weighted by Gasteiger charge is 1.99. The molecular weight excluding hydrogens is 196 g/mol. The monoisotopic (exact) mass is 212 g/mol. The summed E-state index contributed by atoms with van der Waals surface area (Å²) in [5.41, 5.74) is 0.745. The van der Waals surface area contributed by atoms with Crippen LogP contribution in [0.3, 0.4) is 0 Å². The Hall–Kier alpha value is -1.58. The van der Waals surface area contributed by atoms with E-state index in [1.165, 1.54) is 26.4 Å². The van der Waals surface area contributed by atoms with Gasteiger partial charge in [-0.3, -0.25) is 0 Å². The van der Waals surface area contributed by atoms with Crippen LogP contribution in [-0.4, -0.2) is 26.2 Å². The van der Waals surface area contributed by atoms with Crippen LogP contribution in [0.5, 0.6) is 0 Å². The lowest BCUT2D eigenvalue weighted by atomic mass is 10.1. The van der Waals surface area contributed by atoms with Crippen molar-refractivity contribution in [2.75, 3.05) is 14.2 Å². The van der Waals surface area contributed by atoms with Gasteiger partial charge in [0, 0.05) is 12.2 Å². The highest BCUT2D eigenvalue weighted by atomic mass is 16.5. The summed E-state index contributed by atoms with van der Waals surface area (Å²) in [7, 11) is 2.61. The Kier molecular flexibility index (Phi) is 6.97. The molecule has 0 radical (unpaired) electrons. The molecule has 0 bridgehead atoms. The molecule has 4 heteroatoms. The number of esters is 2. The maximum atomic E-state index is 11.0. The fraction of sp³-hybridized carbons (Fsp3) is 0.455. The van der Waals surface area contributed by atoms with Gasteiger partial charge in [-0.15, -0.1) is 0 Å². The number of carbonyl (C=O) groups excluding carboxylic acids is 2. The van der Waals surface area contributed by atoms with Crippen molar-refractivity contribution in [3.63, 3.8) is 0 Å². The number of hydrogen-bond acceptors (Lipinski definition) is 4. The summed E-state index contributed by atoms with van der Waals surface area (Å²) < 4.78 is 8.94. The second-order valence-corrected chi connectivity index (χ2v) is 2.85. The van der Waals surface area contributed by atoms with E-state index in [-0.39, 0.29) is 0 Å². The second kappa shape index (κ2) is 7.79. The van der Waals surface area contributed by atoms with E-state index in [0.717, 1.165) is 12.0 Å². The lowest BCUT2D eigenvalue weighted by Gasteiger charge is -1.99. The maximum Gasteiger partial charge on any atom is 0.330 e. The lowest BCUT2D eigenvalue weighted by molar-refractivity contribution is -0.135. The Morgan fingerprint density at radius 2 is 1.67 bits per heavy atom. The van der Waals surface area contributed by atoms with E-state index in [1.54, 1.807) is 6.08 Å². The highest BCUT2D eigenvalue weighted by molar-refractivity contribution is 5.85. The molecule has 0 saturated carbocycles. The minimum Gasteiger partial charge on any atom is -0.466 e. The standard InChI is InChI=1S/C11H16O4/c1-4-5-9(8-11(13)15-3)6-7-10(12)14-2/h6-8H,4-5H2,1-3H3/b7-6-,9-8-. The molecule has 0 unspecified atom stereocenters. The van der Waals surface area contributed by atoms with Crippen molar-refractivity contribution >= 4 is 11.9 Å². The van der Waals surface area contributed by atoms with Crippen molar-refractivity contribution in [3.8, 4) is 0 Å². The Labute approximate surface area is 89.6 Å². The highest BCUT2D eigenvalue weighted by Crippen LogP contribution is 2.07. The van der Waals surface area contributed by atoms with E-state index >= 15 is 0 Å². The largest absolute Gasteiger partial charge is 0.466 e. The molecule has 0 rings (SSSR count). The molecule has 0 aliphatic carbocycles. The number of methoxy groups -OCH3 is 2. The van der Waals surface area contributed by atoms with Gasteiger partial charge >= 0.3 is 11.9 Å². The first-order chi connectivity index (χ1) is 7.13. The third-order valence-electron chi connectivity index (χ3n) is 1.68. The first-order valence-electron chi connectivity index (χ1n) is 4.68. The predicted molar refractivity (Wildman–Crippen MR) is 56.2 cm³/mol. The lowest BCUT2D eigenvalue weighted by Crippen LogP contribution is -1.98. The SMILES string of the molecule is CCCC(/C=C\C(=O)OC)=C/C(=O)OC. The molecule has 0 aliphatic rings. The molecule has 4 nitrogen and oxygen atoms in total. The van der Waals surface area contributed by atoms with E-state index in [0.29, 0.717) is 6.42 Å². The molecule has 0 atom stereocenters. The average molecular weight is 212 g/mol. The first kappa shape index (κ1) is 13.4. The average Bonchev–Trinajstić information content (AvgIpc) is 2.25. The fourth-order valence-electron chi connectivity index (χ4n) is 0.946. The summed E-state index contributed by atoms with van der Waals surface area (Å²) in [5.74, 6) is -0.866. The van der Waals surface area contributed by atoms with Gasteiger partial charge in [-0.05, 0) is 12.0 Å². The number of allylic oxidation sites excluding steroid dienone is 2. The van der Waals surface area contributed by atoms with Crippen molar-refractivity contribution in [1.29, 1.82) is 0 Å². The van der Waals surface area contributed by atoms with E-state index in [9.17, 15) is 9.59 Å². The van der Waals surface area contributed by atoms with Gasteiger partial charge in [-0.25, -0.2) is 9.59 Å². The number of ether oxygens (including phenoxy) is 2. The van der Waals surface area contributed by atoms with Gasteiger partial charge in [0.2, 0.25) is 0 Å². The van der Waals surface area contributed by atoms with E-state index in [4.69, 9.17) is 0 Å². The molecule has 0 aromatic rings. The van der Waals surface area contributed by atoms with Gasteiger partial charge in [0.05, 0.1) is 14.2 Å². The van der Waals surface area contributed by atoms with Gasteiger partial charge in [0.1, 0.15) is 0 Å². The van der Waals surface area contributed by atoms with E-state index in [2.05, 4.69) is 9.47 Å². The molecule has 0 aromatic heterocycles. The van der Waals surface area contributed by atoms with E-state index in [1.807, 2.05) is 6.92 Å².